The van der Waals surface area contributed by atoms with Gasteiger partial charge >= 0.3 is 0 Å². The van der Waals surface area contributed by atoms with E-state index in [1.165, 1.54) is 15.7 Å². The lowest BCUT2D eigenvalue weighted by atomic mass is 10.2. The maximum Gasteiger partial charge on any atom is 0.276 e. The number of rotatable bonds is 3. The van der Waals surface area contributed by atoms with Gasteiger partial charge in [-0.05, 0) is 24.3 Å². The zero-order chi connectivity index (χ0) is 17.4. The third kappa shape index (κ3) is 2.79. The molecule has 0 amide bonds. The number of halogens is 1. The van der Waals surface area contributed by atoms with Gasteiger partial charge in [0.2, 0.25) is 4.96 Å². The molecule has 2 aromatic carbocycles. The van der Waals surface area contributed by atoms with Crippen molar-refractivity contribution < 1.29 is 4.74 Å². The Labute approximate surface area is 151 Å². The van der Waals surface area contributed by atoms with Gasteiger partial charge in [-0.2, -0.15) is 0 Å². The number of ether oxygens (including phenoxy) is 1. The van der Waals surface area contributed by atoms with Crippen molar-refractivity contribution in [2.24, 2.45) is 0 Å². The SMILES string of the molecule is COc1ccccc1/C=c1\sc2nnc(-c3cccc(Cl)c3)n2c1=O. The molecule has 5 nitrogen and oxygen atoms in total. The number of aromatic nitrogens is 3. The van der Waals surface area contributed by atoms with E-state index in [1.54, 1.807) is 19.2 Å². The maximum atomic E-state index is 12.9. The highest BCUT2D eigenvalue weighted by molar-refractivity contribution is 7.15. The third-order valence-electron chi connectivity index (χ3n) is 3.76. The predicted octanol–water partition coefficient (Wildman–Crippen LogP) is 3.03. The molecule has 4 aromatic rings. The van der Waals surface area contributed by atoms with E-state index < -0.39 is 0 Å². The van der Waals surface area contributed by atoms with Crippen LogP contribution in [0, 0.1) is 0 Å². The first-order valence-corrected chi connectivity index (χ1v) is 8.65. The topological polar surface area (TPSA) is 56.5 Å². The highest BCUT2D eigenvalue weighted by atomic mass is 35.5. The summed E-state index contributed by atoms with van der Waals surface area (Å²) in [5, 5.41) is 8.84. The van der Waals surface area contributed by atoms with Gasteiger partial charge in [-0.3, -0.25) is 4.79 Å². The number of fused-ring (bicyclic) bond motifs is 1. The van der Waals surface area contributed by atoms with E-state index in [-0.39, 0.29) is 5.56 Å². The van der Waals surface area contributed by atoms with E-state index in [9.17, 15) is 4.79 Å². The molecule has 4 rings (SSSR count). The summed E-state index contributed by atoms with van der Waals surface area (Å²) in [5.41, 5.74) is 1.42. The normalized spacial score (nSPS) is 12.0. The van der Waals surface area contributed by atoms with Gasteiger partial charge in [-0.15, -0.1) is 10.2 Å². The van der Waals surface area contributed by atoms with Crippen LogP contribution in [0.2, 0.25) is 5.02 Å². The molecule has 0 aliphatic rings. The Balaban J connectivity index is 1.93. The second-order valence-electron chi connectivity index (χ2n) is 5.31. The molecular formula is C18H12ClN3O2S. The molecule has 0 bridgehead atoms. The minimum absolute atomic E-state index is 0.161. The Hall–Kier alpha value is -2.70. The van der Waals surface area contributed by atoms with Gasteiger partial charge in [0.25, 0.3) is 5.56 Å². The fourth-order valence-corrected chi connectivity index (χ4v) is 3.70. The smallest absolute Gasteiger partial charge is 0.276 e. The van der Waals surface area contributed by atoms with Crippen LogP contribution in [0.5, 0.6) is 5.75 Å². The largest absolute Gasteiger partial charge is 0.496 e. The van der Waals surface area contributed by atoms with Crippen molar-refractivity contribution in [3.8, 4) is 17.1 Å². The number of hydrogen-bond acceptors (Lipinski definition) is 5. The van der Waals surface area contributed by atoms with Gasteiger partial charge < -0.3 is 4.74 Å². The summed E-state index contributed by atoms with van der Waals surface area (Å²) in [6.45, 7) is 0. The minimum Gasteiger partial charge on any atom is -0.496 e. The van der Waals surface area contributed by atoms with Crippen molar-refractivity contribution in [2.75, 3.05) is 7.11 Å². The van der Waals surface area contributed by atoms with E-state index in [0.29, 0.717) is 26.1 Å². The van der Waals surface area contributed by atoms with Gasteiger partial charge in [-0.25, -0.2) is 4.40 Å². The first kappa shape index (κ1) is 15.8. The van der Waals surface area contributed by atoms with E-state index >= 15 is 0 Å². The van der Waals surface area contributed by atoms with E-state index in [1.807, 2.05) is 42.5 Å². The summed E-state index contributed by atoms with van der Waals surface area (Å²) in [6.07, 6.45) is 1.81. The van der Waals surface area contributed by atoms with Crippen LogP contribution >= 0.6 is 22.9 Å². The van der Waals surface area contributed by atoms with E-state index in [4.69, 9.17) is 16.3 Å². The monoisotopic (exact) mass is 369 g/mol. The van der Waals surface area contributed by atoms with Gasteiger partial charge in [0.05, 0.1) is 11.6 Å². The van der Waals surface area contributed by atoms with Gasteiger partial charge in [0.15, 0.2) is 5.82 Å². The number of thiazole rings is 1. The molecule has 0 unspecified atom stereocenters. The van der Waals surface area contributed by atoms with Crippen LogP contribution in [0.3, 0.4) is 0 Å². The highest BCUT2D eigenvalue weighted by Crippen LogP contribution is 2.22. The van der Waals surface area contributed by atoms with Crippen LogP contribution in [0.1, 0.15) is 5.56 Å². The molecule has 25 heavy (non-hydrogen) atoms. The molecule has 0 saturated carbocycles. The molecular weight excluding hydrogens is 358 g/mol. The van der Waals surface area contributed by atoms with Crippen LogP contribution in [0.15, 0.2) is 53.3 Å². The summed E-state index contributed by atoms with van der Waals surface area (Å²) in [6, 6.07) is 14.7. The number of nitrogens with zero attached hydrogens (tertiary/aromatic N) is 3. The van der Waals surface area contributed by atoms with Crippen molar-refractivity contribution >= 4 is 34.0 Å². The average molecular weight is 370 g/mol. The first-order valence-electron chi connectivity index (χ1n) is 7.46. The number of hydrogen-bond donors (Lipinski definition) is 0. The van der Waals surface area contributed by atoms with Crippen molar-refractivity contribution in [1.82, 2.24) is 14.6 Å². The summed E-state index contributed by atoms with van der Waals surface area (Å²) >= 11 is 7.34. The molecule has 0 saturated heterocycles. The second-order valence-corrected chi connectivity index (χ2v) is 6.76. The standard InChI is InChI=1S/C18H12ClN3O2S/c1-24-14-8-3-2-5-11(14)10-15-17(23)22-16(20-21-18(22)25-15)12-6-4-7-13(19)9-12/h2-10H,1H3/b15-10-. The molecule has 124 valence electrons. The number of para-hydroxylation sites is 1. The Kier molecular flexibility index (Phi) is 3.99. The van der Waals surface area contributed by atoms with Gasteiger partial charge in [0, 0.05) is 16.1 Å². The zero-order valence-corrected chi connectivity index (χ0v) is 14.7. The van der Waals surface area contributed by atoms with Crippen LogP contribution in [0.4, 0.5) is 0 Å². The highest BCUT2D eigenvalue weighted by Gasteiger charge is 2.14. The van der Waals surface area contributed by atoms with E-state index in [2.05, 4.69) is 10.2 Å². The van der Waals surface area contributed by atoms with Crippen molar-refractivity contribution in [3.05, 3.63) is 74.0 Å². The first-order chi connectivity index (χ1) is 12.2. The zero-order valence-electron chi connectivity index (χ0n) is 13.1. The third-order valence-corrected chi connectivity index (χ3v) is 4.95. The molecule has 0 radical (unpaired) electrons. The van der Waals surface area contributed by atoms with Crippen molar-refractivity contribution in [3.63, 3.8) is 0 Å². The molecule has 0 atom stereocenters. The van der Waals surface area contributed by atoms with Gasteiger partial charge in [-0.1, -0.05) is 53.3 Å². The fraction of sp³-hybridized carbons (Fsp3) is 0.0556. The summed E-state index contributed by atoms with van der Waals surface area (Å²) < 4.78 is 7.42. The van der Waals surface area contributed by atoms with Crippen LogP contribution in [-0.2, 0) is 0 Å². The lowest BCUT2D eigenvalue weighted by Crippen LogP contribution is -2.23. The van der Waals surface area contributed by atoms with Crippen molar-refractivity contribution in [2.45, 2.75) is 0 Å². The molecule has 0 aliphatic heterocycles. The number of benzene rings is 2. The molecule has 2 aromatic heterocycles. The Morgan fingerprint density at radius 1 is 1.16 bits per heavy atom. The molecule has 0 spiro atoms. The Morgan fingerprint density at radius 3 is 2.80 bits per heavy atom. The van der Waals surface area contributed by atoms with Gasteiger partial charge in [0.1, 0.15) is 5.75 Å². The second kappa shape index (κ2) is 6.31. The maximum absolute atomic E-state index is 12.9. The average Bonchev–Trinajstić information content (AvgIpc) is 3.16. The molecule has 7 heteroatoms. The molecule has 2 heterocycles. The summed E-state index contributed by atoms with van der Waals surface area (Å²) in [5.74, 6) is 1.19. The van der Waals surface area contributed by atoms with Crippen LogP contribution < -0.4 is 14.8 Å². The van der Waals surface area contributed by atoms with Crippen LogP contribution in [0.25, 0.3) is 22.4 Å². The van der Waals surface area contributed by atoms with Crippen LogP contribution in [-0.4, -0.2) is 21.7 Å². The predicted molar refractivity (Wildman–Crippen MR) is 99.4 cm³/mol. The molecule has 0 N–H and O–H groups in total. The molecule has 0 aliphatic carbocycles. The number of methoxy groups -OCH3 is 1. The lowest BCUT2D eigenvalue weighted by molar-refractivity contribution is 0.414. The molecule has 0 fully saturated rings. The summed E-state index contributed by atoms with van der Waals surface area (Å²) in [7, 11) is 1.60. The van der Waals surface area contributed by atoms with E-state index in [0.717, 1.165) is 11.1 Å². The van der Waals surface area contributed by atoms with Crippen molar-refractivity contribution in [1.29, 1.82) is 0 Å². The Morgan fingerprint density at radius 2 is 2.00 bits per heavy atom. The lowest BCUT2D eigenvalue weighted by Gasteiger charge is -2.02. The Bertz CT molecular complexity index is 1180. The minimum atomic E-state index is -0.161. The quantitative estimate of drug-likeness (QED) is 0.557. The summed E-state index contributed by atoms with van der Waals surface area (Å²) in [4.78, 5) is 13.4. The fourth-order valence-electron chi connectivity index (χ4n) is 2.60.